The van der Waals surface area contributed by atoms with Crippen molar-refractivity contribution in [1.82, 2.24) is 10.2 Å². The van der Waals surface area contributed by atoms with Crippen molar-refractivity contribution in [3.8, 4) is 0 Å². The van der Waals surface area contributed by atoms with Crippen LogP contribution in [0.2, 0.25) is 0 Å². The maximum Gasteiger partial charge on any atom is 0.251 e. The molecule has 1 rings (SSSR count). The van der Waals surface area contributed by atoms with Gasteiger partial charge in [0, 0.05) is 33.2 Å². The third-order valence-electron chi connectivity index (χ3n) is 12.6. The molecule has 0 spiro atoms. The van der Waals surface area contributed by atoms with Crippen LogP contribution in [0, 0.1) is 0 Å². The highest BCUT2D eigenvalue weighted by atomic mass is 16.7. The molecule has 0 unspecified atom stereocenters. The molecule has 80 heavy (non-hydrogen) atoms. The molecule has 9 N–H and O–H groups in total. The number of carbonyl (C=O) groups is 2. The fourth-order valence-electron chi connectivity index (χ4n) is 7.86. The molecule has 0 aromatic heterocycles. The Bertz CT molecular complexity index is 1410. The number of hydrogen-bond acceptors (Lipinski definition) is 23. The summed E-state index contributed by atoms with van der Waals surface area (Å²) in [5.41, 5.74) is 0. The second kappa shape index (κ2) is 54.8. The summed E-state index contributed by atoms with van der Waals surface area (Å²) in [4.78, 5) is 28.0. The van der Waals surface area contributed by atoms with E-state index in [4.69, 9.17) is 61.6 Å². The summed E-state index contributed by atoms with van der Waals surface area (Å²) in [5.74, 6) is -1.25. The van der Waals surface area contributed by atoms with Crippen molar-refractivity contribution in [2.24, 2.45) is 0 Å². The van der Waals surface area contributed by atoms with Crippen molar-refractivity contribution in [1.29, 1.82) is 0 Å². The normalized spacial score (nSPS) is 19.1. The number of carbonyl (C=O) groups excluding carboxylic acids is 2. The monoisotopic (exact) mass is 1160 g/mol. The standard InChI is InChI=1S/C55H106N2O23/c1-3-4-5-6-7-8-9-10-11-12-13-14-15-16-17-18-47(61)57(20-19-56-54(67)51(65)50(64)53(45(60)43-58)80-55-52(66)49(63)48(62)46(44-59)79-55)21-22-69-25-26-71-29-30-73-33-34-75-37-38-77-41-42-78-40-39-76-36-35-74-32-31-72-28-27-70-24-23-68-2/h10-11,45-46,48-53,55,58-60,62-66H,3-9,12-44H2,1-2H3,(H,56,67)/b11-10-/t45-,46-,48-,49-,50-,51-,52-,53-,55-/m1/s1. The van der Waals surface area contributed by atoms with E-state index in [1.165, 1.54) is 43.4 Å². The number of unbranched alkanes of at least 4 members (excludes halogenated alkanes) is 11. The van der Waals surface area contributed by atoms with Crippen molar-refractivity contribution in [3.05, 3.63) is 12.2 Å². The van der Waals surface area contributed by atoms with Gasteiger partial charge in [0.15, 0.2) is 12.4 Å². The second-order valence-corrected chi connectivity index (χ2v) is 19.1. The molecular formula is C55H106N2O23. The number of amides is 2. The first-order valence-electron chi connectivity index (χ1n) is 29.1. The smallest absolute Gasteiger partial charge is 0.251 e. The van der Waals surface area contributed by atoms with Gasteiger partial charge in [0.05, 0.1) is 152 Å². The average molecular weight is 1160 g/mol. The van der Waals surface area contributed by atoms with E-state index in [1.54, 1.807) is 7.11 Å². The summed E-state index contributed by atoms with van der Waals surface area (Å²) >= 11 is 0. The Hall–Kier alpha value is -2.16. The lowest BCUT2D eigenvalue weighted by molar-refractivity contribution is -0.326. The first-order chi connectivity index (χ1) is 39.0. The van der Waals surface area contributed by atoms with E-state index in [9.17, 15) is 50.4 Å². The van der Waals surface area contributed by atoms with Gasteiger partial charge < -0.3 is 113 Å². The van der Waals surface area contributed by atoms with E-state index in [0.717, 1.165) is 38.5 Å². The molecule has 0 bridgehead atoms. The van der Waals surface area contributed by atoms with Crippen LogP contribution in [0.25, 0.3) is 0 Å². The highest BCUT2D eigenvalue weighted by Gasteiger charge is 2.47. The predicted octanol–water partition coefficient (Wildman–Crippen LogP) is 0.0412. The van der Waals surface area contributed by atoms with E-state index in [0.29, 0.717) is 132 Å². The number of hydrogen-bond donors (Lipinski definition) is 9. The zero-order chi connectivity index (χ0) is 58.5. The van der Waals surface area contributed by atoms with Gasteiger partial charge in [-0.25, -0.2) is 0 Å². The van der Waals surface area contributed by atoms with E-state index in [1.807, 2.05) is 0 Å². The van der Waals surface area contributed by atoms with Gasteiger partial charge in [0.25, 0.3) is 5.91 Å². The molecule has 2 amide bonds. The third-order valence-corrected chi connectivity index (χ3v) is 12.6. The van der Waals surface area contributed by atoms with Crippen LogP contribution in [0.4, 0.5) is 0 Å². The van der Waals surface area contributed by atoms with Crippen molar-refractivity contribution in [2.75, 3.05) is 179 Å². The molecule has 25 heteroatoms. The summed E-state index contributed by atoms with van der Waals surface area (Å²) in [6, 6.07) is 0. The zero-order valence-electron chi connectivity index (χ0n) is 48.3. The Balaban J connectivity index is 2.35. The third kappa shape index (κ3) is 40.2. The molecule has 1 aliphatic heterocycles. The van der Waals surface area contributed by atoms with Crippen molar-refractivity contribution < 1.29 is 112 Å². The zero-order valence-corrected chi connectivity index (χ0v) is 48.3. The molecule has 1 aliphatic rings. The van der Waals surface area contributed by atoms with Crippen LogP contribution < -0.4 is 5.32 Å². The van der Waals surface area contributed by atoms with E-state index < -0.39 is 74.2 Å². The molecule has 9 atom stereocenters. The van der Waals surface area contributed by atoms with Crippen LogP contribution in [0.3, 0.4) is 0 Å². The number of aliphatic hydroxyl groups excluding tert-OH is 8. The SMILES string of the molecule is CCCCCCCC/C=C\CCCCCCCC(=O)N(CCNC(=O)[C@H](O)[C@@H](O)[C@H](O[C@H]1O[C@H](CO)[C@@H](O)[C@@H](O)[C@H]1O)[C@H](O)CO)CCOCCOCCOCCOCCOCCOCCOCCOCCOCCOCCOC. The Morgan fingerprint density at radius 3 is 1.38 bits per heavy atom. The van der Waals surface area contributed by atoms with Gasteiger partial charge in [0.1, 0.15) is 42.7 Å². The Kier molecular flexibility index (Phi) is 51.9. The van der Waals surface area contributed by atoms with Crippen LogP contribution in [0.15, 0.2) is 12.2 Å². The fraction of sp³-hybridized carbons (Fsp3) is 0.927. The lowest BCUT2D eigenvalue weighted by atomic mass is 9.98. The molecular weight excluding hydrogens is 1060 g/mol. The molecule has 474 valence electrons. The minimum Gasteiger partial charge on any atom is -0.394 e. The molecule has 1 saturated heterocycles. The van der Waals surface area contributed by atoms with Crippen LogP contribution in [-0.2, 0) is 71.2 Å². The van der Waals surface area contributed by atoms with Crippen LogP contribution in [-0.4, -0.2) is 291 Å². The second-order valence-electron chi connectivity index (χ2n) is 19.1. The van der Waals surface area contributed by atoms with E-state index >= 15 is 0 Å². The van der Waals surface area contributed by atoms with Crippen molar-refractivity contribution in [3.63, 3.8) is 0 Å². The van der Waals surface area contributed by atoms with Crippen molar-refractivity contribution >= 4 is 11.8 Å². The van der Waals surface area contributed by atoms with E-state index in [2.05, 4.69) is 24.4 Å². The molecule has 1 heterocycles. The lowest BCUT2D eigenvalue weighted by Crippen LogP contribution is -2.62. The summed E-state index contributed by atoms with van der Waals surface area (Å²) in [6.45, 7) is 9.50. The van der Waals surface area contributed by atoms with Gasteiger partial charge in [-0.3, -0.25) is 9.59 Å². The lowest BCUT2D eigenvalue weighted by Gasteiger charge is -2.42. The molecule has 1 fully saturated rings. The molecule has 25 nitrogen and oxygen atoms in total. The number of allylic oxidation sites excluding steroid dienone is 2. The minimum absolute atomic E-state index is 0.0340. The Labute approximate surface area is 475 Å². The number of ether oxygens (including phenoxy) is 13. The van der Waals surface area contributed by atoms with Gasteiger partial charge >= 0.3 is 0 Å². The van der Waals surface area contributed by atoms with Crippen LogP contribution in [0.5, 0.6) is 0 Å². The fourth-order valence-corrected chi connectivity index (χ4v) is 7.86. The van der Waals surface area contributed by atoms with Gasteiger partial charge in [-0.2, -0.15) is 0 Å². The van der Waals surface area contributed by atoms with Gasteiger partial charge in [0.2, 0.25) is 5.91 Å². The van der Waals surface area contributed by atoms with Crippen LogP contribution >= 0.6 is 0 Å². The van der Waals surface area contributed by atoms with Crippen molar-refractivity contribution in [2.45, 2.75) is 152 Å². The molecule has 0 radical (unpaired) electrons. The maximum atomic E-state index is 13.4. The summed E-state index contributed by atoms with van der Waals surface area (Å²) in [6.07, 6.45) is 2.37. The number of nitrogens with zero attached hydrogens (tertiary/aromatic N) is 1. The predicted molar refractivity (Wildman–Crippen MR) is 293 cm³/mol. The highest BCUT2D eigenvalue weighted by molar-refractivity contribution is 5.81. The number of methoxy groups -OCH3 is 1. The number of rotatable bonds is 59. The van der Waals surface area contributed by atoms with Gasteiger partial charge in [-0.15, -0.1) is 0 Å². The molecule has 0 aliphatic carbocycles. The number of nitrogens with one attached hydrogen (secondary N) is 1. The molecule has 0 aromatic carbocycles. The highest BCUT2D eigenvalue weighted by Crippen LogP contribution is 2.25. The molecule has 0 saturated carbocycles. The minimum atomic E-state index is -2.24. The summed E-state index contributed by atoms with van der Waals surface area (Å²) in [5, 5.41) is 84.3. The summed E-state index contributed by atoms with van der Waals surface area (Å²) < 4.78 is 70.7. The first-order valence-corrected chi connectivity index (χ1v) is 29.1. The summed E-state index contributed by atoms with van der Waals surface area (Å²) in [7, 11) is 1.63. The maximum absolute atomic E-state index is 13.4. The van der Waals surface area contributed by atoms with Gasteiger partial charge in [-0.05, 0) is 32.1 Å². The molecule has 0 aromatic rings. The topological polar surface area (TPSA) is 331 Å². The first kappa shape index (κ1) is 75.9. The van der Waals surface area contributed by atoms with Crippen LogP contribution in [0.1, 0.15) is 96.8 Å². The van der Waals surface area contributed by atoms with Gasteiger partial charge in [-0.1, -0.05) is 70.4 Å². The Morgan fingerprint density at radius 2 is 0.950 bits per heavy atom. The Morgan fingerprint density at radius 1 is 0.537 bits per heavy atom. The quantitative estimate of drug-likeness (QED) is 0.0287. The average Bonchev–Trinajstić information content (AvgIpc) is 3.48. The largest absolute Gasteiger partial charge is 0.394 e. The number of aliphatic hydroxyl groups is 8. The van der Waals surface area contributed by atoms with E-state index in [-0.39, 0.29) is 45.2 Å².